The number of rotatable bonds is 4. The van der Waals surface area contributed by atoms with Gasteiger partial charge in [0.1, 0.15) is 0 Å². The van der Waals surface area contributed by atoms with Crippen molar-refractivity contribution in [3.05, 3.63) is 17.5 Å². The number of anilines is 1. The van der Waals surface area contributed by atoms with Crippen molar-refractivity contribution in [1.29, 1.82) is 0 Å². The van der Waals surface area contributed by atoms with Crippen LogP contribution in [0.2, 0.25) is 0 Å². The minimum atomic E-state index is 0.425. The molecule has 1 fully saturated rings. The first-order valence-electron chi connectivity index (χ1n) is 8.04. The zero-order valence-electron chi connectivity index (χ0n) is 13.1. The Morgan fingerprint density at radius 1 is 1.43 bits per heavy atom. The van der Waals surface area contributed by atoms with E-state index in [0.29, 0.717) is 12.0 Å². The van der Waals surface area contributed by atoms with Crippen molar-refractivity contribution >= 4 is 17.7 Å². The lowest BCUT2D eigenvalue weighted by Gasteiger charge is -2.47. The van der Waals surface area contributed by atoms with Gasteiger partial charge in [0.05, 0.1) is 0 Å². The number of aromatic nitrogens is 2. The predicted octanol–water partition coefficient (Wildman–Crippen LogP) is 2.24. The highest BCUT2D eigenvalue weighted by atomic mass is 32.2. The zero-order valence-corrected chi connectivity index (χ0v) is 13.9. The highest BCUT2D eigenvalue weighted by molar-refractivity contribution is 7.98. The largest absolute Gasteiger partial charge is 0.368 e. The molecule has 0 amide bonds. The van der Waals surface area contributed by atoms with Crippen LogP contribution in [-0.4, -0.2) is 46.0 Å². The van der Waals surface area contributed by atoms with Crippen LogP contribution in [0.5, 0.6) is 0 Å². The molecular formula is C16H26N4S. The molecule has 1 aromatic heterocycles. The van der Waals surface area contributed by atoms with Crippen LogP contribution in [0.25, 0.3) is 0 Å². The van der Waals surface area contributed by atoms with Crippen molar-refractivity contribution in [2.45, 2.75) is 38.6 Å². The van der Waals surface area contributed by atoms with E-state index in [1.807, 2.05) is 18.0 Å². The Kier molecular flexibility index (Phi) is 4.69. The molecule has 3 rings (SSSR count). The van der Waals surface area contributed by atoms with E-state index in [1.165, 1.54) is 42.9 Å². The van der Waals surface area contributed by atoms with E-state index in [1.54, 1.807) is 0 Å². The summed E-state index contributed by atoms with van der Waals surface area (Å²) in [5.74, 6) is 3.27. The lowest BCUT2D eigenvalue weighted by atomic mass is 9.74. The number of hydrogen-bond donors (Lipinski definition) is 1. The van der Waals surface area contributed by atoms with Gasteiger partial charge in [0, 0.05) is 24.5 Å². The molecule has 0 aromatic carbocycles. The Hall–Kier alpha value is -0.810. The minimum absolute atomic E-state index is 0.425. The highest BCUT2D eigenvalue weighted by Gasteiger charge is 2.39. The molecule has 21 heavy (non-hydrogen) atoms. The summed E-state index contributed by atoms with van der Waals surface area (Å²) < 4.78 is 0. The molecule has 3 unspecified atom stereocenters. The zero-order chi connectivity index (χ0) is 14.8. The summed E-state index contributed by atoms with van der Waals surface area (Å²) in [5.41, 5.74) is 8.28. The van der Waals surface area contributed by atoms with E-state index in [9.17, 15) is 0 Å². The fourth-order valence-electron chi connectivity index (χ4n) is 4.12. The minimum Gasteiger partial charge on any atom is -0.368 e. The molecule has 1 saturated heterocycles. The van der Waals surface area contributed by atoms with Gasteiger partial charge in [0.15, 0.2) is 0 Å². The van der Waals surface area contributed by atoms with Gasteiger partial charge in [0.25, 0.3) is 0 Å². The normalized spacial score (nSPS) is 29.0. The lowest BCUT2D eigenvalue weighted by Crippen LogP contribution is -2.52. The van der Waals surface area contributed by atoms with Gasteiger partial charge in [0.2, 0.25) is 5.95 Å². The van der Waals surface area contributed by atoms with E-state index in [4.69, 9.17) is 5.73 Å². The molecule has 0 radical (unpaired) electrons. The number of likely N-dealkylation sites (tertiary alicyclic amines) is 1. The van der Waals surface area contributed by atoms with E-state index in [2.05, 4.69) is 28.0 Å². The summed E-state index contributed by atoms with van der Waals surface area (Å²) in [5, 5.41) is 0. The quantitative estimate of drug-likeness (QED) is 0.924. The first-order valence-corrected chi connectivity index (χ1v) is 9.43. The average molecular weight is 306 g/mol. The maximum Gasteiger partial charge on any atom is 0.220 e. The SMILES string of the molecule is CCCN1CC(CSC)CC2Cc3nc(N)ncc3CC21. The van der Waals surface area contributed by atoms with Crippen molar-refractivity contribution < 1.29 is 0 Å². The second-order valence-electron chi connectivity index (χ2n) is 6.49. The summed E-state index contributed by atoms with van der Waals surface area (Å²) >= 11 is 1.98. The van der Waals surface area contributed by atoms with Crippen molar-refractivity contribution in [2.75, 3.05) is 30.8 Å². The van der Waals surface area contributed by atoms with Crippen molar-refractivity contribution in [2.24, 2.45) is 11.8 Å². The molecule has 5 heteroatoms. The summed E-state index contributed by atoms with van der Waals surface area (Å²) in [7, 11) is 0. The number of nitrogens with two attached hydrogens (primary N) is 1. The van der Waals surface area contributed by atoms with Crippen molar-refractivity contribution in [3.63, 3.8) is 0 Å². The third-order valence-electron chi connectivity index (χ3n) is 4.91. The third kappa shape index (κ3) is 3.19. The van der Waals surface area contributed by atoms with Crippen LogP contribution in [-0.2, 0) is 12.8 Å². The van der Waals surface area contributed by atoms with Crippen molar-refractivity contribution in [1.82, 2.24) is 14.9 Å². The summed E-state index contributed by atoms with van der Waals surface area (Å²) in [4.78, 5) is 11.4. The molecule has 3 atom stereocenters. The Bertz CT molecular complexity index is 493. The lowest BCUT2D eigenvalue weighted by molar-refractivity contribution is 0.0554. The van der Waals surface area contributed by atoms with E-state index in [0.717, 1.165) is 24.7 Å². The van der Waals surface area contributed by atoms with E-state index in [-0.39, 0.29) is 0 Å². The molecule has 4 nitrogen and oxygen atoms in total. The monoisotopic (exact) mass is 306 g/mol. The summed E-state index contributed by atoms with van der Waals surface area (Å²) in [6.45, 7) is 4.77. The van der Waals surface area contributed by atoms with Crippen LogP contribution in [0.1, 0.15) is 31.0 Å². The first-order chi connectivity index (χ1) is 10.2. The van der Waals surface area contributed by atoms with Gasteiger partial charge in [-0.1, -0.05) is 6.92 Å². The molecular weight excluding hydrogens is 280 g/mol. The fourth-order valence-corrected chi connectivity index (χ4v) is 4.83. The topological polar surface area (TPSA) is 55.0 Å². The van der Waals surface area contributed by atoms with Crippen LogP contribution >= 0.6 is 11.8 Å². The maximum atomic E-state index is 5.76. The van der Waals surface area contributed by atoms with E-state index >= 15 is 0 Å². The van der Waals surface area contributed by atoms with Gasteiger partial charge in [-0.15, -0.1) is 0 Å². The number of nitrogen functional groups attached to an aromatic ring is 1. The van der Waals surface area contributed by atoms with Gasteiger partial charge in [-0.2, -0.15) is 11.8 Å². The molecule has 2 aliphatic rings. The Balaban J connectivity index is 1.82. The van der Waals surface area contributed by atoms with Gasteiger partial charge in [-0.05, 0) is 61.6 Å². The predicted molar refractivity (Wildman–Crippen MR) is 89.5 cm³/mol. The van der Waals surface area contributed by atoms with Gasteiger partial charge in [-0.25, -0.2) is 9.97 Å². The second-order valence-corrected chi connectivity index (χ2v) is 7.40. The Labute approximate surface area is 131 Å². The van der Waals surface area contributed by atoms with Crippen molar-refractivity contribution in [3.8, 4) is 0 Å². The molecule has 1 aliphatic carbocycles. The molecule has 1 aliphatic heterocycles. The van der Waals surface area contributed by atoms with Crippen LogP contribution in [0.3, 0.4) is 0 Å². The highest BCUT2D eigenvalue weighted by Crippen LogP contribution is 2.37. The first kappa shape index (κ1) is 15.1. The standard InChI is InChI=1S/C16H26N4S/c1-3-4-20-9-11(10-21-2)5-12-6-14-13(7-15(12)20)8-18-16(17)19-14/h8,11-12,15H,3-7,9-10H2,1-2H3,(H2,17,18,19). The summed E-state index contributed by atoms with van der Waals surface area (Å²) in [6, 6.07) is 0.683. The summed E-state index contributed by atoms with van der Waals surface area (Å²) in [6.07, 6.45) is 8.94. The molecule has 0 saturated carbocycles. The maximum absolute atomic E-state index is 5.76. The molecule has 0 bridgehead atoms. The van der Waals surface area contributed by atoms with E-state index < -0.39 is 0 Å². The van der Waals surface area contributed by atoms with Crippen LogP contribution < -0.4 is 5.73 Å². The number of piperidine rings is 1. The van der Waals surface area contributed by atoms with Gasteiger partial charge in [-0.3, -0.25) is 4.90 Å². The average Bonchev–Trinajstić information content (AvgIpc) is 2.46. The third-order valence-corrected chi connectivity index (χ3v) is 5.72. The molecule has 2 N–H and O–H groups in total. The fraction of sp³-hybridized carbons (Fsp3) is 0.750. The molecule has 1 aromatic rings. The smallest absolute Gasteiger partial charge is 0.220 e. The number of hydrogen-bond acceptors (Lipinski definition) is 5. The molecule has 0 spiro atoms. The van der Waals surface area contributed by atoms with Gasteiger partial charge >= 0.3 is 0 Å². The van der Waals surface area contributed by atoms with Gasteiger partial charge < -0.3 is 5.73 Å². The Morgan fingerprint density at radius 3 is 3.05 bits per heavy atom. The van der Waals surface area contributed by atoms with Crippen LogP contribution in [0.4, 0.5) is 5.95 Å². The second kappa shape index (κ2) is 6.53. The number of nitrogens with zero attached hydrogens (tertiary/aromatic N) is 3. The van der Waals surface area contributed by atoms with Crippen LogP contribution in [0, 0.1) is 11.8 Å². The molecule has 2 heterocycles. The molecule has 116 valence electrons. The van der Waals surface area contributed by atoms with Crippen LogP contribution in [0.15, 0.2) is 6.20 Å². The number of thioether (sulfide) groups is 1. The number of fused-ring (bicyclic) bond motifs is 2. The Morgan fingerprint density at radius 2 is 2.29 bits per heavy atom.